The highest BCUT2D eigenvalue weighted by molar-refractivity contribution is 5.91. The second-order valence-electron chi connectivity index (χ2n) is 6.94. The van der Waals surface area contributed by atoms with Crippen LogP contribution in [0, 0.1) is 13.8 Å². The lowest BCUT2D eigenvalue weighted by atomic mass is 10.1. The maximum absolute atomic E-state index is 12.1. The number of urea groups is 1. The Hall–Kier alpha value is -2.57. The van der Waals surface area contributed by atoms with E-state index in [1.54, 1.807) is 6.07 Å². The largest absolute Gasteiger partial charge is 0.489 e. The number of nitrogens with two attached hydrogens (primary N) is 2. The number of anilines is 1. The van der Waals surface area contributed by atoms with E-state index < -0.39 is 6.03 Å². The fourth-order valence-electron chi connectivity index (χ4n) is 3.04. The van der Waals surface area contributed by atoms with Crippen molar-refractivity contribution in [1.29, 1.82) is 0 Å². The molecule has 0 unspecified atom stereocenters. The summed E-state index contributed by atoms with van der Waals surface area (Å²) in [4.78, 5) is 12.1. The first kappa shape index (κ1) is 18.2. The van der Waals surface area contributed by atoms with Crippen molar-refractivity contribution in [2.24, 2.45) is 11.7 Å². The molecular weight excluding hydrogens is 328 g/mol. The molecule has 0 saturated heterocycles. The number of rotatable bonds is 5. The van der Waals surface area contributed by atoms with Crippen molar-refractivity contribution in [3.05, 3.63) is 58.7 Å². The van der Waals surface area contributed by atoms with Gasteiger partial charge in [0.05, 0.1) is 5.69 Å². The topological polar surface area (TPSA) is 84.8 Å². The summed E-state index contributed by atoms with van der Waals surface area (Å²) in [6.07, 6.45) is 2.42. The van der Waals surface area contributed by atoms with Gasteiger partial charge < -0.3 is 4.74 Å². The van der Waals surface area contributed by atoms with Gasteiger partial charge >= 0.3 is 6.03 Å². The molecule has 0 bridgehead atoms. The molecule has 0 aliphatic heterocycles. The summed E-state index contributed by atoms with van der Waals surface area (Å²) in [7, 11) is 1.46. The molecular formula is C20H26N4O2. The van der Waals surface area contributed by atoms with Gasteiger partial charge in [0.1, 0.15) is 12.4 Å². The van der Waals surface area contributed by atoms with E-state index in [4.69, 9.17) is 16.4 Å². The Morgan fingerprint density at radius 1 is 1.19 bits per heavy atom. The molecule has 138 valence electrons. The molecule has 0 radical (unpaired) electrons. The van der Waals surface area contributed by atoms with Gasteiger partial charge in [0.15, 0.2) is 0 Å². The van der Waals surface area contributed by atoms with Crippen LogP contribution in [0.25, 0.3) is 0 Å². The molecule has 0 spiro atoms. The van der Waals surface area contributed by atoms with Crippen molar-refractivity contribution >= 4 is 11.7 Å². The Morgan fingerprint density at radius 2 is 1.92 bits per heavy atom. The van der Waals surface area contributed by atoms with Crippen molar-refractivity contribution in [3.63, 3.8) is 0 Å². The van der Waals surface area contributed by atoms with E-state index in [1.807, 2.05) is 25.1 Å². The number of carbonyl (C=O) groups is 1. The van der Waals surface area contributed by atoms with E-state index in [-0.39, 0.29) is 0 Å². The zero-order valence-electron chi connectivity index (χ0n) is 15.5. The average molecular weight is 354 g/mol. The number of carbonyl (C=O) groups excluding carboxylic acids is 1. The van der Waals surface area contributed by atoms with Crippen LogP contribution in [0.5, 0.6) is 5.75 Å². The highest BCUT2D eigenvalue weighted by Crippen LogP contribution is 2.44. The lowest BCUT2D eigenvalue weighted by Gasteiger charge is -2.24. The van der Waals surface area contributed by atoms with Gasteiger partial charge in [-0.15, -0.1) is 0 Å². The monoisotopic (exact) mass is 354 g/mol. The summed E-state index contributed by atoms with van der Waals surface area (Å²) in [5, 5.41) is 2.01. The first-order chi connectivity index (χ1) is 12.4. The molecule has 1 aliphatic carbocycles. The van der Waals surface area contributed by atoms with Crippen LogP contribution in [-0.2, 0) is 6.61 Å². The molecule has 1 saturated carbocycles. The number of hydrogen-bond donors (Lipinski definition) is 2. The second kappa shape index (κ2) is 7.35. The van der Waals surface area contributed by atoms with Crippen molar-refractivity contribution in [1.82, 2.24) is 5.01 Å². The summed E-state index contributed by atoms with van der Waals surface area (Å²) in [5.41, 5.74) is 4.97. The van der Waals surface area contributed by atoms with Crippen LogP contribution in [0.15, 0.2) is 36.4 Å². The minimum atomic E-state index is -0.495. The van der Waals surface area contributed by atoms with Gasteiger partial charge in [-0.3, -0.25) is 5.01 Å². The van der Waals surface area contributed by atoms with Crippen LogP contribution < -0.4 is 21.4 Å². The maximum atomic E-state index is 12.1. The fourth-order valence-corrected chi connectivity index (χ4v) is 3.04. The molecule has 1 aliphatic rings. The molecule has 6 nitrogen and oxygen atoms in total. The normalized spacial score (nSPS) is 13.4. The van der Waals surface area contributed by atoms with Gasteiger partial charge in [-0.25, -0.2) is 21.5 Å². The van der Waals surface area contributed by atoms with Crippen LogP contribution in [0.2, 0.25) is 0 Å². The predicted molar refractivity (Wildman–Crippen MR) is 103 cm³/mol. The van der Waals surface area contributed by atoms with E-state index in [9.17, 15) is 4.79 Å². The molecule has 0 aromatic heterocycles. The van der Waals surface area contributed by atoms with Crippen molar-refractivity contribution < 1.29 is 9.53 Å². The number of hydrazine groups is 2. The third-order valence-corrected chi connectivity index (χ3v) is 4.71. The maximum Gasteiger partial charge on any atom is 0.352 e. The van der Waals surface area contributed by atoms with Gasteiger partial charge in [-0.2, -0.15) is 0 Å². The van der Waals surface area contributed by atoms with Crippen LogP contribution in [0.4, 0.5) is 10.5 Å². The van der Waals surface area contributed by atoms with Gasteiger partial charge in [-0.05, 0) is 55.9 Å². The molecule has 26 heavy (non-hydrogen) atoms. The number of hydrogen-bond acceptors (Lipinski definition) is 4. The van der Waals surface area contributed by atoms with Gasteiger partial charge in [0.2, 0.25) is 0 Å². The molecule has 2 amide bonds. The summed E-state index contributed by atoms with van der Waals surface area (Å²) in [6.45, 7) is 4.40. The van der Waals surface area contributed by atoms with E-state index in [2.05, 4.69) is 19.1 Å². The molecule has 0 heterocycles. The summed E-state index contributed by atoms with van der Waals surface area (Å²) in [6, 6.07) is 11.4. The summed E-state index contributed by atoms with van der Waals surface area (Å²) in [5.74, 6) is 13.0. The minimum absolute atomic E-state index is 0.333. The highest BCUT2D eigenvalue weighted by Gasteiger charge is 2.27. The Bertz CT molecular complexity index is 815. The van der Waals surface area contributed by atoms with Crippen LogP contribution in [0.3, 0.4) is 0 Å². The Morgan fingerprint density at radius 3 is 2.58 bits per heavy atom. The summed E-state index contributed by atoms with van der Waals surface area (Å²) < 4.78 is 6.15. The lowest BCUT2D eigenvalue weighted by molar-refractivity contribution is 0.216. The van der Waals surface area contributed by atoms with E-state index in [1.165, 1.54) is 31.0 Å². The zero-order chi connectivity index (χ0) is 18.8. The van der Waals surface area contributed by atoms with Crippen LogP contribution in [-0.4, -0.2) is 18.1 Å². The van der Waals surface area contributed by atoms with Crippen LogP contribution in [0.1, 0.15) is 41.0 Å². The van der Waals surface area contributed by atoms with E-state index in [0.717, 1.165) is 26.9 Å². The Balaban J connectivity index is 1.86. The summed E-state index contributed by atoms with van der Waals surface area (Å²) >= 11 is 0. The first-order valence-corrected chi connectivity index (χ1v) is 8.77. The third-order valence-electron chi connectivity index (χ3n) is 4.71. The van der Waals surface area contributed by atoms with Gasteiger partial charge in [0, 0.05) is 12.6 Å². The lowest BCUT2D eigenvalue weighted by Crippen LogP contribution is -2.49. The molecule has 0 atom stereocenters. The molecule has 2 aromatic rings. The third kappa shape index (κ3) is 3.81. The number of aryl methyl sites for hydroxylation is 2. The second-order valence-corrected chi connectivity index (χ2v) is 6.94. The highest BCUT2D eigenvalue weighted by atomic mass is 16.5. The number of amides is 2. The molecule has 1 fully saturated rings. The standard InChI is InChI=1S/C20H26N4O2/c1-13-7-10-19(16(11-13)15-8-9-15)26-12-17-14(2)5-4-6-18(17)24(22)20(25)23(3)21/h4-7,10-11,15H,8-9,12,21-22H2,1-3H3. The Kier molecular flexibility index (Phi) is 5.15. The molecule has 4 N–H and O–H groups in total. The van der Waals surface area contributed by atoms with E-state index in [0.29, 0.717) is 18.2 Å². The molecule has 2 aromatic carbocycles. The van der Waals surface area contributed by atoms with Crippen molar-refractivity contribution in [3.8, 4) is 5.75 Å². The number of ether oxygens (including phenoxy) is 1. The van der Waals surface area contributed by atoms with Gasteiger partial charge in [-0.1, -0.05) is 29.8 Å². The van der Waals surface area contributed by atoms with Crippen molar-refractivity contribution in [2.75, 3.05) is 12.1 Å². The number of nitrogens with zero attached hydrogens (tertiary/aromatic N) is 2. The average Bonchev–Trinajstić information content (AvgIpc) is 3.45. The molecule has 6 heteroatoms. The number of benzene rings is 2. The van der Waals surface area contributed by atoms with Crippen LogP contribution >= 0.6 is 0 Å². The quantitative estimate of drug-likeness (QED) is 0.490. The SMILES string of the molecule is Cc1ccc(OCc2c(C)cccc2N(N)C(=O)N(C)N)c(C2CC2)c1. The van der Waals surface area contributed by atoms with E-state index >= 15 is 0 Å². The predicted octanol–water partition coefficient (Wildman–Crippen LogP) is 3.37. The fraction of sp³-hybridized carbons (Fsp3) is 0.350. The zero-order valence-corrected chi connectivity index (χ0v) is 15.5. The van der Waals surface area contributed by atoms with Crippen molar-refractivity contribution in [2.45, 2.75) is 39.2 Å². The first-order valence-electron chi connectivity index (χ1n) is 8.77. The Labute approximate surface area is 154 Å². The molecule has 3 rings (SSSR count). The smallest absolute Gasteiger partial charge is 0.352 e. The van der Waals surface area contributed by atoms with Gasteiger partial charge in [0.25, 0.3) is 0 Å². The minimum Gasteiger partial charge on any atom is -0.489 e.